The largest absolute Gasteiger partial charge is 0.371 e. The molecule has 2 aromatic heterocycles. The highest BCUT2D eigenvalue weighted by Crippen LogP contribution is 2.37. The molecule has 0 radical (unpaired) electrons. The number of aromatic nitrogens is 2. The minimum Gasteiger partial charge on any atom is -0.371 e. The standard InChI is InChI=1S/C25H30N4O2/c1-27(14-19-4-3-10-26-13-19)15-20-7-9-25(31-16-20)17-29(18-25)24(30)22-5-6-23-21(12-22)8-11-28(23)2/h3-6,8,10-13,20H,7,9,14-18H2,1-2H3. The van der Waals surface area contributed by atoms with Gasteiger partial charge in [0.2, 0.25) is 0 Å². The summed E-state index contributed by atoms with van der Waals surface area (Å²) in [6, 6.07) is 12.1. The molecule has 6 nitrogen and oxygen atoms in total. The third-order valence-corrected chi connectivity index (χ3v) is 6.76. The van der Waals surface area contributed by atoms with Gasteiger partial charge in [-0.1, -0.05) is 6.07 Å². The molecule has 0 bridgehead atoms. The summed E-state index contributed by atoms with van der Waals surface area (Å²) in [6.45, 7) is 4.11. The molecule has 4 heterocycles. The number of likely N-dealkylation sites (tertiary alicyclic amines) is 1. The number of benzene rings is 1. The number of hydrogen-bond acceptors (Lipinski definition) is 4. The van der Waals surface area contributed by atoms with Gasteiger partial charge in [-0.05, 0) is 61.7 Å². The molecule has 1 amide bonds. The maximum atomic E-state index is 12.9. The number of rotatable bonds is 5. The Bertz CT molecular complexity index is 1060. The average molecular weight is 419 g/mol. The third-order valence-electron chi connectivity index (χ3n) is 6.76. The van der Waals surface area contributed by atoms with Crippen LogP contribution in [0.1, 0.15) is 28.8 Å². The van der Waals surface area contributed by atoms with Crippen LogP contribution < -0.4 is 0 Å². The van der Waals surface area contributed by atoms with Crippen molar-refractivity contribution in [2.24, 2.45) is 13.0 Å². The first-order chi connectivity index (χ1) is 15.0. The molecule has 3 aromatic rings. The van der Waals surface area contributed by atoms with Crippen molar-refractivity contribution in [3.63, 3.8) is 0 Å². The summed E-state index contributed by atoms with van der Waals surface area (Å²) in [7, 11) is 4.18. The summed E-state index contributed by atoms with van der Waals surface area (Å²) in [4.78, 5) is 21.4. The van der Waals surface area contributed by atoms with Crippen molar-refractivity contribution in [2.45, 2.75) is 25.0 Å². The van der Waals surface area contributed by atoms with E-state index in [1.807, 2.05) is 54.8 Å². The zero-order valence-electron chi connectivity index (χ0n) is 18.3. The Morgan fingerprint density at radius 3 is 2.90 bits per heavy atom. The van der Waals surface area contributed by atoms with Crippen LogP contribution in [-0.4, -0.2) is 64.1 Å². The van der Waals surface area contributed by atoms with Crippen molar-refractivity contribution in [3.8, 4) is 0 Å². The number of pyridine rings is 1. The lowest BCUT2D eigenvalue weighted by molar-refractivity contribution is -0.168. The van der Waals surface area contributed by atoms with Crippen molar-refractivity contribution in [2.75, 3.05) is 33.3 Å². The SMILES string of the molecule is CN(Cc1cccnc1)CC1CCC2(CN(C(=O)c3ccc4c(ccn4C)c3)C2)OC1. The van der Waals surface area contributed by atoms with Gasteiger partial charge in [0.1, 0.15) is 5.60 Å². The molecule has 1 atom stereocenters. The fourth-order valence-corrected chi connectivity index (χ4v) is 5.01. The van der Waals surface area contributed by atoms with Crippen LogP contribution >= 0.6 is 0 Å². The molecule has 5 rings (SSSR count). The smallest absolute Gasteiger partial charge is 0.254 e. The maximum Gasteiger partial charge on any atom is 0.254 e. The van der Waals surface area contributed by atoms with Crippen LogP contribution in [0.3, 0.4) is 0 Å². The normalized spacial score (nSPS) is 20.4. The maximum absolute atomic E-state index is 12.9. The Morgan fingerprint density at radius 1 is 1.29 bits per heavy atom. The molecule has 2 aliphatic rings. The lowest BCUT2D eigenvalue weighted by atomic mass is 9.82. The van der Waals surface area contributed by atoms with Gasteiger partial charge in [0.25, 0.3) is 5.91 Å². The predicted octanol–water partition coefficient (Wildman–Crippen LogP) is 3.33. The lowest BCUT2D eigenvalue weighted by Crippen LogP contribution is -2.66. The zero-order chi connectivity index (χ0) is 21.4. The lowest BCUT2D eigenvalue weighted by Gasteiger charge is -2.53. The van der Waals surface area contributed by atoms with E-state index in [4.69, 9.17) is 4.74 Å². The number of aryl methyl sites for hydroxylation is 1. The average Bonchev–Trinajstić information content (AvgIpc) is 3.13. The fourth-order valence-electron chi connectivity index (χ4n) is 5.01. The van der Waals surface area contributed by atoms with Crippen molar-refractivity contribution in [3.05, 3.63) is 66.1 Å². The van der Waals surface area contributed by atoms with Gasteiger partial charge in [0.15, 0.2) is 0 Å². The number of hydrogen-bond donors (Lipinski definition) is 0. The highest BCUT2D eigenvalue weighted by atomic mass is 16.5. The Morgan fingerprint density at radius 2 is 2.16 bits per heavy atom. The summed E-state index contributed by atoms with van der Waals surface area (Å²) < 4.78 is 8.39. The minimum absolute atomic E-state index is 0.110. The van der Waals surface area contributed by atoms with Gasteiger partial charge in [-0.2, -0.15) is 0 Å². The van der Waals surface area contributed by atoms with Crippen molar-refractivity contribution in [1.29, 1.82) is 0 Å². The van der Waals surface area contributed by atoms with Crippen molar-refractivity contribution < 1.29 is 9.53 Å². The molecule has 1 unspecified atom stereocenters. The molecule has 2 fully saturated rings. The first kappa shape index (κ1) is 20.2. The summed E-state index contributed by atoms with van der Waals surface area (Å²) in [5.74, 6) is 0.649. The van der Waals surface area contributed by atoms with E-state index in [1.54, 1.807) is 0 Å². The molecular formula is C25H30N4O2. The Kier molecular flexibility index (Phi) is 5.28. The monoisotopic (exact) mass is 418 g/mol. The van der Waals surface area contributed by atoms with E-state index >= 15 is 0 Å². The number of amides is 1. The van der Waals surface area contributed by atoms with Gasteiger partial charge >= 0.3 is 0 Å². The quantitative estimate of drug-likeness (QED) is 0.638. The van der Waals surface area contributed by atoms with Gasteiger partial charge in [0.05, 0.1) is 19.7 Å². The van der Waals surface area contributed by atoms with Crippen LogP contribution in [0.25, 0.3) is 10.9 Å². The van der Waals surface area contributed by atoms with Crippen molar-refractivity contribution >= 4 is 16.8 Å². The minimum atomic E-state index is -0.134. The summed E-state index contributed by atoms with van der Waals surface area (Å²) >= 11 is 0. The third kappa shape index (κ3) is 4.10. The van der Waals surface area contributed by atoms with Gasteiger partial charge in [0, 0.05) is 55.2 Å². The zero-order valence-corrected chi connectivity index (χ0v) is 18.3. The Hall–Kier alpha value is -2.70. The number of carbonyl (C=O) groups excluding carboxylic acids is 1. The highest BCUT2D eigenvalue weighted by molar-refractivity contribution is 5.98. The molecule has 0 N–H and O–H groups in total. The van der Waals surface area contributed by atoms with Gasteiger partial charge < -0.3 is 19.1 Å². The first-order valence-electron chi connectivity index (χ1n) is 11.1. The molecule has 1 spiro atoms. The predicted molar refractivity (Wildman–Crippen MR) is 121 cm³/mol. The van der Waals surface area contributed by atoms with E-state index in [0.717, 1.165) is 49.0 Å². The molecule has 0 saturated carbocycles. The summed E-state index contributed by atoms with van der Waals surface area (Å²) in [6.07, 6.45) is 7.94. The molecule has 1 aromatic carbocycles. The van der Waals surface area contributed by atoms with Gasteiger partial charge in [-0.25, -0.2) is 0 Å². The van der Waals surface area contributed by atoms with Crippen LogP contribution in [0, 0.1) is 5.92 Å². The van der Waals surface area contributed by atoms with Crippen LogP contribution in [0.4, 0.5) is 0 Å². The second-order valence-electron chi connectivity index (χ2n) is 9.32. The summed E-state index contributed by atoms with van der Waals surface area (Å²) in [5.41, 5.74) is 3.01. The van der Waals surface area contributed by atoms with Crippen molar-refractivity contribution in [1.82, 2.24) is 19.4 Å². The highest BCUT2D eigenvalue weighted by Gasteiger charge is 2.48. The van der Waals surface area contributed by atoms with Gasteiger partial charge in [-0.3, -0.25) is 9.78 Å². The molecule has 162 valence electrons. The summed E-state index contributed by atoms with van der Waals surface area (Å²) in [5, 5.41) is 1.11. The molecule has 2 saturated heterocycles. The number of ether oxygens (including phenoxy) is 1. The Labute approximate surface area is 183 Å². The number of carbonyl (C=O) groups is 1. The van der Waals surface area contributed by atoms with Crippen LogP contribution in [0.15, 0.2) is 55.0 Å². The van der Waals surface area contributed by atoms with E-state index in [1.165, 1.54) is 5.56 Å². The molecule has 0 aliphatic carbocycles. The first-order valence-corrected chi connectivity index (χ1v) is 11.1. The number of fused-ring (bicyclic) bond motifs is 1. The molecule has 2 aliphatic heterocycles. The topological polar surface area (TPSA) is 50.6 Å². The van der Waals surface area contributed by atoms with Crippen LogP contribution in [0.2, 0.25) is 0 Å². The fraction of sp³-hybridized carbons (Fsp3) is 0.440. The second kappa shape index (κ2) is 8.09. The van der Waals surface area contributed by atoms with E-state index in [2.05, 4.69) is 33.6 Å². The van der Waals surface area contributed by atoms with E-state index in [9.17, 15) is 4.79 Å². The van der Waals surface area contributed by atoms with Gasteiger partial charge in [-0.15, -0.1) is 0 Å². The van der Waals surface area contributed by atoms with E-state index < -0.39 is 0 Å². The van der Waals surface area contributed by atoms with Crippen LogP contribution in [0.5, 0.6) is 0 Å². The van der Waals surface area contributed by atoms with Crippen LogP contribution in [-0.2, 0) is 18.3 Å². The molecular weight excluding hydrogens is 388 g/mol. The Balaban J connectivity index is 1.11. The molecule has 6 heteroatoms. The van der Waals surface area contributed by atoms with E-state index in [-0.39, 0.29) is 11.5 Å². The molecule has 31 heavy (non-hydrogen) atoms. The van der Waals surface area contributed by atoms with E-state index in [0.29, 0.717) is 19.0 Å². The number of nitrogens with zero attached hydrogens (tertiary/aromatic N) is 4. The second-order valence-corrected chi connectivity index (χ2v) is 9.32.